The smallest absolute Gasteiger partial charge is 0.216 e. The van der Waals surface area contributed by atoms with Gasteiger partial charge in [0.15, 0.2) is 5.82 Å². The number of nitrogens with one attached hydrogen (secondary N) is 1. The molecule has 2 heterocycles. The summed E-state index contributed by atoms with van der Waals surface area (Å²) in [5.74, 6) is 2.52. The highest BCUT2D eigenvalue weighted by atomic mass is 127. The number of hydrogen-bond donors (Lipinski definition) is 1. The summed E-state index contributed by atoms with van der Waals surface area (Å²) >= 11 is 2.30. The molecule has 3 rings (SSSR count). The van der Waals surface area contributed by atoms with Gasteiger partial charge in [-0.2, -0.15) is 0 Å². The lowest BCUT2D eigenvalue weighted by molar-refractivity contribution is 0.397. The summed E-state index contributed by atoms with van der Waals surface area (Å²) in [6, 6.07) is 1.75. The lowest BCUT2D eigenvalue weighted by Gasteiger charge is -2.10. The second-order valence-electron chi connectivity index (χ2n) is 4.56. The van der Waals surface area contributed by atoms with Crippen LogP contribution in [0.1, 0.15) is 24.5 Å². The monoisotopic (exact) mass is 383 g/mol. The topological polar surface area (TPSA) is 72.8 Å². The van der Waals surface area contributed by atoms with Gasteiger partial charge >= 0.3 is 0 Å². The van der Waals surface area contributed by atoms with Crippen LogP contribution in [0.4, 0.5) is 5.82 Å². The van der Waals surface area contributed by atoms with Gasteiger partial charge in [0.25, 0.3) is 0 Å². The van der Waals surface area contributed by atoms with E-state index in [4.69, 9.17) is 4.74 Å². The molecule has 1 aliphatic carbocycles. The van der Waals surface area contributed by atoms with E-state index in [1.165, 1.54) is 19.2 Å². The largest absolute Gasteiger partial charge is 0.481 e. The van der Waals surface area contributed by atoms with Gasteiger partial charge in [-0.3, -0.25) is 0 Å². The van der Waals surface area contributed by atoms with Crippen LogP contribution in [-0.4, -0.2) is 34.1 Å². The molecule has 1 N–H and O–H groups in total. The van der Waals surface area contributed by atoms with Gasteiger partial charge in [-0.25, -0.2) is 19.9 Å². The number of nitrogens with zero attached hydrogens (tertiary/aromatic N) is 4. The Morgan fingerprint density at radius 2 is 2.10 bits per heavy atom. The normalized spacial score (nSPS) is 14.2. The fraction of sp³-hybridized carbons (Fsp3) is 0.385. The summed E-state index contributed by atoms with van der Waals surface area (Å²) in [5.41, 5.74) is 1.78. The minimum Gasteiger partial charge on any atom is -0.481 e. The predicted octanol–water partition coefficient (Wildman–Crippen LogP) is 2.47. The first kappa shape index (κ1) is 13.5. The molecule has 0 aliphatic heterocycles. The van der Waals surface area contributed by atoms with Crippen molar-refractivity contribution in [3.8, 4) is 17.4 Å². The van der Waals surface area contributed by atoms with Crippen LogP contribution in [0.15, 0.2) is 12.4 Å². The van der Waals surface area contributed by atoms with Crippen LogP contribution in [-0.2, 0) is 0 Å². The Morgan fingerprint density at radius 1 is 1.30 bits per heavy atom. The van der Waals surface area contributed by atoms with Crippen LogP contribution in [0.25, 0.3) is 11.5 Å². The van der Waals surface area contributed by atoms with Gasteiger partial charge in [-0.15, -0.1) is 0 Å². The number of methoxy groups -OCH3 is 1. The average molecular weight is 383 g/mol. The van der Waals surface area contributed by atoms with Crippen molar-refractivity contribution in [2.75, 3.05) is 19.5 Å². The number of ether oxygens (including phenoxy) is 1. The van der Waals surface area contributed by atoms with E-state index in [1.54, 1.807) is 13.2 Å². The van der Waals surface area contributed by atoms with Crippen LogP contribution in [0.3, 0.4) is 0 Å². The van der Waals surface area contributed by atoms with Crippen molar-refractivity contribution in [3.05, 3.63) is 21.7 Å². The summed E-state index contributed by atoms with van der Waals surface area (Å²) in [6.07, 6.45) is 3.86. The van der Waals surface area contributed by atoms with Gasteiger partial charge in [0, 0.05) is 19.0 Å². The summed E-state index contributed by atoms with van der Waals surface area (Å²) in [4.78, 5) is 17.5. The van der Waals surface area contributed by atoms with Crippen molar-refractivity contribution in [2.24, 2.45) is 0 Å². The predicted molar refractivity (Wildman–Crippen MR) is 83.8 cm³/mol. The molecule has 0 radical (unpaired) electrons. The quantitative estimate of drug-likeness (QED) is 0.818. The van der Waals surface area contributed by atoms with E-state index >= 15 is 0 Å². The molecule has 0 aromatic carbocycles. The van der Waals surface area contributed by atoms with Gasteiger partial charge < -0.3 is 10.1 Å². The Kier molecular flexibility index (Phi) is 3.68. The second kappa shape index (κ2) is 5.47. The molecular formula is C13H14IN5O. The fourth-order valence-corrected chi connectivity index (χ4v) is 2.90. The van der Waals surface area contributed by atoms with Crippen molar-refractivity contribution in [1.29, 1.82) is 0 Å². The van der Waals surface area contributed by atoms with E-state index < -0.39 is 0 Å². The molecule has 6 nitrogen and oxygen atoms in total. The lowest BCUT2D eigenvalue weighted by atomic mass is 10.2. The molecule has 0 spiro atoms. The lowest BCUT2D eigenvalue weighted by Crippen LogP contribution is -2.05. The minimum absolute atomic E-state index is 0.510. The van der Waals surface area contributed by atoms with Crippen LogP contribution < -0.4 is 10.1 Å². The Bertz CT molecular complexity index is 645. The highest BCUT2D eigenvalue weighted by Crippen LogP contribution is 2.42. The van der Waals surface area contributed by atoms with Crippen molar-refractivity contribution >= 4 is 28.4 Å². The number of rotatable bonds is 4. The maximum Gasteiger partial charge on any atom is 0.216 e. The summed E-state index contributed by atoms with van der Waals surface area (Å²) in [5, 5.41) is 3.12. The molecule has 7 heteroatoms. The molecule has 104 valence electrons. The first-order valence-corrected chi connectivity index (χ1v) is 7.42. The minimum atomic E-state index is 0.510. The summed E-state index contributed by atoms with van der Waals surface area (Å²) < 4.78 is 6.22. The number of aromatic nitrogens is 4. The number of halogens is 1. The summed E-state index contributed by atoms with van der Waals surface area (Å²) in [6.45, 7) is 0. The number of hydrogen-bond acceptors (Lipinski definition) is 6. The molecule has 20 heavy (non-hydrogen) atoms. The molecular weight excluding hydrogens is 369 g/mol. The molecule has 0 amide bonds. The Morgan fingerprint density at radius 3 is 2.75 bits per heavy atom. The van der Waals surface area contributed by atoms with E-state index in [2.05, 4.69) is 47.8 Å². The van der Waals surface area contributed by atoms with E-state index in [1.807, 2.05) is 7.05 Å². The second-order valence-corrected chi connectivity index (χ2v) is 5.64. The first-order valence-electron chi connectivity index (χ1n) is 6.34. The van der Waals surface area contributed by atoms with E-state index in [9.17, 15) is 0 Å². The first-order chi connectivity index (χ1) is 9.72. The SMILES string of the molecule is CNc1nc(-c2cc(OC)ncn2)nc(C2CC2)c1I. The molecule has 2 aromatic rings. The molecule has 0 bridgehead atoms. The van der Waals surface area contributed by atoms with Crippen molar-refractivity contribution in [3.63, 3.8) is 0 Å². The molecule has 0 atom stereocenters. The maximum atomic E-state index is 5.12. The Balaban J connectivity index is 2.10. The Labute approximate surface area is 130 Å². The Hall–Kier alpha value is -1.51. The van der Waals surface area contributed by atoms with Gasteiger partial charge in [0.1, 0.15) is 17.8 Å². The molecule has 1 fully saturated rings. The molecule has 0 unspecified atom stereocenters. The molecule has 0 saturated heterocycles. The molecule has 1 saturated carbocycles. The van der Waals surface area contributed by atoms with Crippen molar-refractivity contribution in [2.45, 2.75) is 18.8 Å². The summed E-state index contributed by atoms with van der Waals surface area (Å²) in [7, 11) is 3.45. The highest BCUT2D eigenvalue weighted by Gasteiger charge is 2.29. The third-order valence-corrected chi connectivity index (χ3v) is 4.22. The highest BCUT2D eigenvalue weighted by molar-refractivity contribution is 14.1. The zero-order valence-electron chi connectivity index (χ0n) is 11.2. The van der Waals surface area contributed by atoms with Crippen LogP contribution in [0, 0.1) is 3.57 Å². The third kappa shape index (κ3) is 2.54. The van der Waals surface area contributed by atoms with E-state index in [0.717, 1.165) is 15.1 Å². The maximum absolute atomic E-state index is 5.12. The van der Waals surface area contributed by atoms with Crippen LogP contribution in [0.2, 0.25) is 0 Å². The van der Waals surface area contributed by atoms with Crippen molar-refractivity contribution in [1.82, 2.24) is 19.9 Å². The zero-order valence-corrected chi connectivity index (χ0v) is 13.4. The van der Waals surface area contributed by atoms with Gasteiger partial charge in [0.2, 0.25) is 5.88 Å². The standard InChI is InChI=1S/C13H14IN5O/c1-15-13-10(14)11(7-3-4-7)18-12(19-13)8-5-9(20-2)17-6-16-8/h5-7H,3-4H2,1-2H3,(H,15,18,19). The van der Waals surface area contributed by atoms with Gasteiger partial charge in [0.05, 0.1) is 16.4 Å². The van der Waals surface area contributed by atoms with Gasteiger partial charge in [-0.1, -0.05) is 0 Å². The van der Waals surface area contributed by atoms with E-state index in [0.29, 0.717) is 23.3 Å². The molecule has 1 aliphatic rings. The van der Waals surface area contributed by atoms with Crippen molar-refractivity contribution < 1.29 is 4.74 Å². The van der Waals surface area contributed by atoms with E-state index in [-0.39, 0.29) is 0 Å². The third-order valence-electron chi connectivity index (χ3n) is 3.16. The number of anilines is 1. The van der Waals surface area contributed by atoms with Crippen LogP contribution in [0.5, 0.6) is 5.88 Å². The molecule has 2 aromatic heterocycles. The van der Waals surface area contributed by atoms with Crippen LogP contribution >= 0.6 is 22.6 Å². The fourth-order valence-electron chi connectivity index (χ4n) is 1.95. The average Bonchev–Trinajstić information content (AvgIpc) is 3.32. The van der Waals surface area contributed by atoms with Gasteiger partial charge in [-0.05, 0) is 35.4 Å². The zero-order chi connectivity index (χ0) is 14.1.